The molecule has 7 aromatic rings. The Balaban J connectivity index is 1.61. The summed E-state index contributed by atoms with van der Waals surface area (Å²) in [4.78, 5) is 0. The number of fused-ring (bicyclic) bond motifs is 4. The molecule has 0 bridgehead atoms. The van der Waals surface area contributed by atoms with Gasteiger partial charge in [0.15, 0.2) is 0 Å². The molecule has 0 atom stereocenters. The van der Waals surface area contributed by atoms with E-state index >= 15 is 0 Å². The molecule has 36 heavy (non-hydrogen) atoms. The van der Waals surface area contributed by atoms with Gasteiger partial charge in [-0.05, 0) is 69.4 Å². The van der Waals surface area contributed by atoms with Crippen LogP contribution in [-0.4, -0.2) is 4.57 Å². The van der Waals surface area contributed by atoms with Crippen molar-refractivity contribution in [2.24, 2.45) is 0 Å². The maximum atomic E-state index is 6.40. The maximum absolute atomic E-state index is 6.40. The SMILES string of the molecule is Clc1cccc(-c2cccc3cc(-n4c5ccccc5c5ccccc54)cc(-c4ccccc4)c23)c1. The lowest BCUT2D eigenvalue weighted by atomic mass is 9.91. The second-order valence-corrected chi connectivity index (χ2v) is 9.58. The minimum Gasteiger partial charge on any atom is -0.309 e. The molecule has 0 fully saturated rings. The largest absolute Gasteiger partial charge is 0.309 e. The van der Waals surface area contributed by atoms with Crippen LogP contribution >= 0.6 is 11.6 Å². The monoisotopic (exact) mass is 479 g/mol. The lowest BCUT2D eigenvalue weighted by Crippen LogP contribution is -1.96. The average molecular weight is 480 g/mol. The van der Waals surface area contributed by atoms with Crippen molar-refractivity contribution in [3.05, 3.63) is 138 Å². The number of hydrogen-bond acceptors (Lipinski definition) is 0. The minimum atomic E-state index is 0.743. The predicted molar refractivity (Wildman–Crippen MR) is 154 cm³/mol. The molecule has 0 aliphatic heterocycles. The van der Waals surface area contributed by atoms with Crippen molar-refractivity contribution in [1.29, 1.82) is 0 Å². The summed E-state index contributed by atoms with van der Waals surface area (Å²) >= 11 is 6.40. The first-order valence-electron chi connectivity index (χ1n) is 12.1. The van der Waals surface area contributed by atoms with Gasteiger partial charge >= 0.3 is 0 Å². The van der Waals surface area contributed by atoms with Gasteiger partial charge in [0.2, 0.25) is 0 Å². The Bertz CT molecular complexity index is 1840. The number of benzene rings is 6. The summed E-state index contributed by atoms with van der Waals surface area (Å²) in [6.07, 6.45) is 0. The van der Waals surface area contributed by atoms with Crippen LogP contribution in [-0.2, 0) is 0 Å². The highest BCUT2D eigenvalue weighted by atomic mass is 35.5. The highest BCUT2D eigenvalue weighted by Crippen LogP contribution is 2.40. The van der Waals surface area contributed by atoms with Gasteiger partial charge in [-0.15, -0.1) is 0 Å². The van der Waals surface area contributed by atoms with E-state index in [1.54, 1.807) is 0 Å². The first-order valence-corrected chi connectivity index (χ1v) is 12.5. The summed E-state index contributed by atoms with van der Waals surface area (Å²) in [5.74, 6) is 0. The van der Waals surface area contributed by atoms with Gasteiger partial charge in [0.1, 0.15) is 0 Å². The molecule has 6 aromatic carbocycles. The molecule has 0 radical (unpaired) electrons. The highest BCUT2D eigenvalue weighted by Gasteiger charge is 2.16. The Labute approximate surface area is 214 Å². The fourth-order valence-electron chi connectivity index (χ4n) is 5.48. The van der Waals surface area contributed by atoms with Crippen LogP contribution in [0.4, 0.5) is 0 Å². The van der Waals surface area contributed by atoms with Crippen LogP contribution in [0.5, 0.6) is 0 Å². The molecular weight excluding hydrogens is 458 g/mol. The number of hydrogen-bond donors (Lipinski definition) is 0. The van der Waals surface area contributed by atoms with Crippen molar-refractivity contribution in [1.82, 2.24) is 4.57 Å². The molecule has 0 saturated heterocycles. The third-order valence-corrected chi connectivity index (χ3v) is 7.26. The molecule has 0 spiro atoms. The summed E-state index contributed by atoms with van der Waals surface area (Å²) < 4.78 is 2.39. The smallest absolute Gasteiger partial charge is 0.0541 e. The van der Waals surface area contributed by atoms with E-state index in [1.807, 2.05) is 18.2 Å². The molecular formula is C34H22ClN. The fraction of sp³-hybridized carbons (Fsp3) is 0. The Morgan fingerprint density at radius 1 is 0.472 bits per heavy atom. The zero-order valence-corrected chi connectivity index (χ0v) is 20.3. The van der Waals surface area contributed by atoms with Gasteiger partial charge in [-0.25, -0.2) is 0 Å². The average Bonchev–Trinajstić information content (AvgIpc) is 3.27. The summed E-state index contributed by atoms with van der Waals surface area (Å²) in [5.41, 5.74) is 8.28. The topological polar surface area (TPSA) is 4.93 Å². The summed E-state index contributed by atoms with van der Waals surface area (Å²) in [7, 11) is 0. The van der Waals surface area contributed by atoms with Crippen molar-refractivity contribution in [3.8, 4) is 27.9 Å². The zero-order chi connectivity index (χ0) is 24.1. The number of halogens is 1. The van der Waals surface area contributed by atoms with Crippen LogP contribution < -0.4 is 0 Å². The van der Waals surface area contributed by atoms with E-state index < -0.39 is 0 Å². The van der Waals surface area contributed by atoms with Crippen molar-refractivity contribution >= 4 is 44.2 Å². The summed E-state index contributed by atoms with van der Waals surface area (Å²) in [6.45, 7) is 0. The Morgan fingerprint density at radius 2 is 1.11 bits per heavy atom. The van der Waals surface area contributed by atoms with Crippen LogP contribution in [0.2, 0.25) is 5.02 Å². The van der Waals surface area contributed by atoms with E-state index in [-0.39, 0.29) is 0 Å². The molecule has 7 rings (SSSR count). The maximum Gasteiger partial charge on any atom is 0.0541 e. The molecule has 0 N–H and O–H groups in total. The molecule has 2 heteroatoms. The zero-order valence-electron chi connectivity index (χ0n) is 19.5. The van der Waals surface area contributed by atoms with Gasteiger partial charge in [0.05, 0.1) is 11.0 Å². The second-order valence-electron chi connectivity index (χ2n) is 9.14. The standard InChI is InChI=1S/C34H22ClN/c35-26-14-8-12-24(20-26)28-17-9-13-25-21-27(22-31(34(25)28)23-10-2-1-3-11-23)36-32-18-6-4-15-29(32)30-16-5-7-19-33(30)36/h1-22H. The number of rotatable bonds is 3. The van der Waals surface area contributed by atoms with E-state index in [0.29, 0.717) is 0 Å². The molecule has 0 aliphatic carbocycles. The Hall–Kier alpha value is -4.33. The quantitative estimate of drug-likeness (QED) is 0.237. The van der Waals surface area contributed by atoms with Gasteiger partial charge in [0, 0.05) is 21.5 Å². The van der Waals surface area contributed by atoms with Crippen molar-refractivity contribution < 1.29 is 0 Å². The van der Waals surface area contributed by atoms with Crippen molar-refractivity contribution in [3.63, 3.8) is 0 Å². The van der Waals surface area contributed by atoms with Crippen LogP contribution in [0, 0.1) is 0 Å². The minimum absolute atomic E-state index is 0.743. The van der Waals surface area contributed by atoms with Crippen LogP contribution in [0.1, 0.15) is 0 Å². The van der Waals surface area contributed by atoms with Gasteiger partial charge in [-0.1, -0.05) is 109 Å². The van der Waals surface area contributed by atoms with Gasteiger partial charge < -0.3 is 4.57 Å². The molecule has 170 valence electrons. The summed E-state index contributed by atoms with van der Waals surface area (Å²) in [5, 5.41) is 5.71. The van der Waals surface area contributed by atoms with E-state index in [9.17, 15) is 0 Å². The number of nitrogens with zero attached hydrogens (tertiary/aromatic N) is 1. The molecule has 0 saturated carbocycles. The first kappa shape index (κ1) is 21.0. The highest BCUT2D eigenvalue weighted by molar-refractivity contribution is 6.31. The third kappa shape index (κ3) is 3.32. The van der Waals surface area contributed by atoms with Crippen molar-refractivity contribution in [2.75, 3.05) is 0 Å². The lowest BCUT2D eigenvalue weighted by molar-refractivity contribution is 1.19. The van der Waals surface area contributed by atoms with Gasteiger partial charge in [-0.3, -0.25) is 0 Å². The van der Waals surface area contributed by atoms with E-state index in [4.69, 9.17) is 11.6 Å². The molecule has 1 nitrogen and oxygen atoms in total. The van der Waals surface area contributed by atoms with Crippen LogP contribution in [0.25, 0.3) is 60.5 Å². The van der Waals surface area contributed by atoms with Crippen molar-refractivity contribution in [2.45, 2.75) is 0 Å². The Kier molecular flexibility index (Phi) is 4.90. The van der Waals surface area contributed by atoms with Crippen LogP contribution in [0.3, 0.4) is 0 Å². The second kappa shape index (κ2) is 8.41. The van der Waals surface area contributed by atoms with E-state index in [0.717, 1.165) is 16.3 Å². The predicted octanol–water partition coefficient (Wildman–Crippen LogP) is 9.92. The van der Waals surface area contributed by atoms with Gasteiger partial charge in [0.25, 0.3) is 0 Å². The molecule has 0 aliphatic rings. The lowest BCUT2D eigenvalue weighted by Gasteiger charge is -2.17. The first-order chi connectivity index (χ1) is 17.8. The molecule has 1 aromatic heterocycles. The fourth-order valence-corrected chi connectivity index (χ4v) is 5.67. The number of para-hydroxylation sites is 2. The third-order valence-electron chi connectivity index (χ3n) is 7.02. The number of aromatic nitrogens is 1. The van der Waals surface area contributed by atoms with E-state index in [2.05, 4.69) is 120 Å². The van der Waals surface area contributed by atoms with Gasteiger partial charge in [-0.2, -0.15) is 0 Å². The Morgan fingerprint density at radius 3 is 1.83 bits per heavy atom. The van der Waals surface area contributed by atoms with Crippen LogP contribution in [0.15, 0.2) is 133 Å². The van der Waals surface area contributed by atoms with E-state index in [1.165, 1.54) is 49.3 Å². The molecule has 0 unspecified atom stereocenters. The molecule has 0 amide bonds. The molecule has 1 heterocycles. The normalized spacial score (nSPS) is 11.5. The summed E-state index contributed by atoms with van der Waals surface area (Å²) in [6, 6.07) is 47.3.